The van der Waals surface area contributed by atoms with E-state index in [4.69, 9.17) is 14.4 Å². The highest BCUT2D eigenvalue weighted by atomic mass is 32.2. The Morgan fingerprint density at radius 1 is 1.38 bits per heavy atom. The average molecular weight is 314 g/mol. The number of thioether (sulfide) groups is 1. The van der Waals surface area contributed by atoms with Gasteiger partial charge in [0, 0.05) is 10.6 Å². The van der Waals surface area contributed by atoms with E-state index in [-0.39, 0.29) is 12.3 Å². The van der Waals surface area contributed by atoms with Crippen LogP contribution in [0.1, 0.15) is 17.8 Å². The highest BCUT2D eigenvalue weighted by Crippen LogP contribution is 2.39. The summed E-state index contributed by atoms with van der Waals surface area (Å²) >= 11 is 1.60. The first-order chi connectivity index (χ1) is 10.1. The van der Waals surface area contributed by atoms with Gasteiger partial charge in [-0.05, 0) is 12.1 Å². The minimum absolute atomic E-state index is 0.0229. The molecule has 0 saturated heterocycles. The summed E-state index contributed by atoms with van der Waals surface area (Å²) in [4.78, 5) is 5.05. The zero-order chi connectivity index (χ0) is 14.8. The van der Waals surface area contributed by atoms with Gasteiger partial charge in [-0.15, -0.1) is 11.8 Å². The lowest BCUT2D eigenvalue weighted by atomic mass is 10.2. The fourth-order valence-corrected chi connectivity index (χ4v) is 2.88. The molecule has 0 aliphatic carbocycles. The van der Waals surface area contributed by atoms with Crippen molar-refractivity contribution in [3.05, 3.63) is 36.0 Å². The second-order valence-electron chi connectivity index (χ2n) is 4.52. The molecule has 5 nitrogen and oxygen atoms in total. The zero-order valence-corrected chi connectivity index (χ0v) is 11.6. The number of aromatic nitrogens is 2. The number of hydrogen-bond acceptors (Lipinski definition) is 6. The monoisotopic (exact) mass is 314 g/mol. The summed E-state index contributed by atoms with van der Waals surface area (Å²) in [7, 11) is 0. The molecule has 1 aliphatic rings. The normalized spacial score (nSPS) is 19.1. The van der Waals surface area contributed by atoms with Gasteiger partial charge in [0.1, 0.15) is 11.9 Å². The number of aliphatic hydroxyl groups is 1. The third-order valence-electron chi connectivity index (χ3n) is 2.95. The summed E-state index contributed by atoms with van der Waals surface area (Å²) in [5.74, 6) is 1.62. The van der Waals surface area contributed by atoms with E-state index >= 15 is 0 Å². The Hall–Kier alpha value is -1.67. The number of benzene rings is 1. The van der Waals surface area contributed by atoms with Crippen LogP contribution in [0.25, 0.3) is 0 Å². The van der Waals surface area contributed by atoms with Crippen molar-refractivity contribution in [3.63, 3.8) is 0 Å². The van der Waals surface area contributed by atoms with Crippen molar-refractivity contribution in [1.29, 1.82) is 0 Å². The molecule has 8 heteroatoms. The third kappa shape index (κ3) is 3.16. The summed E-state index contributed by atoms with van der Waals surface area (Å²) in [5.41, 5.74) is 0. The van der Waals surface area contributed by atoms with Gasteiger partial charge in [-0.25, -0.2) is 8.78 Å². The van der Waals surface area contributed by atoms with Crippen LogP contribution in [0.3, 0.4) is 0 Å². The van der Waals surface area contributed by atoms with E-state index in [9.17, 15) is 8.78 Å². The molecule has 0 bridgehead atoms. The molecule has 0 fully saturated rings. The van der Waals surface area contributed by atoms with Crippen LogP contribution in [0.4, 0.5) is 8.78 Å². The average Bonchev–Trinajstić information content (AvgIpc) is 2.95. The molecule has 0 amide bonds. The fourth-order valence-electron chi connectivity index (χ4n) is 1.90. The molecule has 21 heavy (non-hydrogen) atoms. The van der Waals surface area contributed by atoms with Gasteiger partial charge in [0.05, 0.1) is 6.42 Å². The molecular formula is C13H12F2N2O3S. The number of nitrogens with zero attached hydrogens (tertiary/aromatic N) is 2. The number of alkyl halides is 2. The first-order valence-corrected chi connectivity index (χ1v) is 7.29. The van der Waals surface area contributed by atoms with Crippen LogP contribution in [-0.4, -0.2) is 33.5 Å². The van der Waals surface area contributed by atoms with Gasteiger partial charge in [-0.2, -0.15) is 4.98 Å². The van der Waals surface area contributed by atoms with Gasteiger partial charge in [-0.3, -0.25) is 0 Å². The largest absolute Gasteiger partial charge is 0.480 e. The van der Waals surface area contributed by atoms with Crippen LogP contribution in [0, 0.1) is 0 Å². The molecule has 2 aromatic rings. The van der Waals surface area contributed by atoms with Crippen molar-refractivity contribution in [1.82, 2.24) is 10.1 Å². The van der Waals surface area contributed by atoms with Crippen LogP contribution < -0.4 is 4.74 Å². The van der Waals surface area contributed by atoms with E-state index in [2.05, 4.69) is 10.1 Å². The highest BCUT2D eigenvalue weighted by molar-refractivity contribution is 7.99. The van der Waals surface area contributed by atoms with Crippen molar-refractivity contribution >= 4 is 11.8 Å². The molecule has 2 unspecified atom stereocenters. The lowest BCUT2D eigenvalue weighted by Gasteiger charge is -2.22. The molecule has 3 rings (SSSR count). The highest BCUT2D eigenvalue weighted by Gasteiger charge is 2.27. The number of aliphatic hydroxyl groups excluding tert-OH is 1. The lowest BCUT2D eigenvalue weighted by Crippen LogP contribution is -2.20. The summed E-state index contributed by atoms with van der Waals surface area (Å²) < 4.78 is 35.2. The predicted molar refractivity (Wildman–Crippen MR) is 70.5 cm³/mol. The van der Waals surface area contributed by atoms with Gasteiger partial charge < -0.3 is 14.4 Å². The summed E-state index contributed by atoms with van der Waals surface area (Å²) in [5, 5.41) is 12.9. The van der Waals surface area contributed by atoms with E-state index in [0.717, 1.165) is 10.6 Å². The molecule has 112 valence electrons. The predicted octanol–water partition coefficient (Wildman–Crippen LogP) is 2.46. The van der Waals surface area contributed by atoms with Gasteiger partial charge in [0.15, 0.2) is 6.10 Å². The molecule has 0 radical (unpaired) electrons. The molecule has 1 aromatic heterocycles. The van der Waals surface area contributed by atoms with Gasteiger partial charge >= 0.3 is 0 Å². The Bertz CT molecular complexity index is 623. The third-order valence-corrected chi connectivity index (χ3v) is 4.07. The zero-order valence-electron chi connectivity index (χ0n) is 10.8. The summed E-state index contributed by atoms with van der Waals surface area (Å²) in [6.07, 6.45) is -5.42. The fraction of sp³-hybridized carbons (Fsp3) is 0.385. The first-order valence-electron chi connectivity index (χ1n) is 6.30. The smallest absolute Gasteiger partial charge is 0.264 e. The van der Waals surface area contributed by atoms with E-state index in [0.29, 0.717) is 11.6 Å². The van der Waals surface area contributed by atoms with E-state index in [1.807, 2.05) is 24.3 Å². The lowest BCUT2D eigenvalue weighted by molar-refractivity contribution is -0.00754. The van der Waals surface area contributed by atoms with Crippen LogP contribution in [-0.2, 0) is 6.42 Å². The standard InChI is InChI=1S/C13H12F2N2O3S/c14-12(15)7(18)5-11-16-13(17-20-11)9-6-21-10-4-2-1-3-8(10)19-9/h1-4,7,9,12,18H,5-6H2. The van der Waals surface area contributed by atoms with Crippen LogP contribution in [0.15, 0.2) is 33.7 Å². The number of hydrogen-bond donors (Lipinski definition) is 1. The number of halogens is 2. The van der Waals surface area contributed by atoms with Crippen molar-refractivity contribution in [2.24, 2.45) is 0 Å². The molecule has 2 atom stereocenters. The molecule has 1 aliphatic heterocycles. The minimum Gasteiger partial charge on any atom is -0.480 e. The Morgan fingerprint density at radius 3 is 3.00 bits per heavy atom. The minimum atomic E-state index is -2.84. The first kappa shape index (κ1) is 14.3. The SMILES string of the molecule is OC(Cc1nc(C2CSc3ccccc3O2)no1)C(F)F. The number of fused-ring (bicyclic) bond motifs is 1. The topological polar surface area (TPSA) is 68.4 Å². The Labute approximate surface area is 123 Å². The maximum absolute atomic E-state index is 12.3. The van der Waals surface area contributed by atoms with Crippen molar-refractivity contribution in [3.8, 4) is 5.75 Å². The maximum Gasteiger partial charge on any atom is 0.264 e. The molecule has 1 N–H and O–H groups in total. The second kappa shape index (κ2) is 5.98. The Balaban J connectivity index is 1.70. The van der Waals surface area contributed by atoms with Gasteiger partial charge in [-0.1, -0.05) is 17.3 Å². The van der Waals surface area contributed by atoms with E-state index in [1.165, 1.54) is 0 Å². The number of ether oxygens (including phenoxy) is 1. The number of rotatable bonds is 4. The molecule has 2 heterocycles. The Morgan fingerprint density at radius 2 is 2.19 bits per heavy atom. The molecule has 0 saturated carbocycles. The molecule has 0 spiro atoms. The van der Waals surface area contributed by atoms with Gasteiger partial charge in [0.2, 0.25) is 11.7 Å². The molecular weight excluding hydrogens is 302 g/mol. The van der Waals surface area contributed by atoms with E-state index in [1.54, 1.807) is 11.8 Å². The second-order valence-corrected chi connectivity index (χ2v) is 5.58. The molecule has 1 aromatic carbocycles. The summed E-state index contributed by atoms with van der Waals surface area (Å²) in [6.45, 7) is 0. The Kier molecular flexibility index (Phi) is 4.07. The quantitative estimate of drug-likeness (QED) is 0.935. The van der Waals surface area contributed by atoms with Gasteiger partial charge in [0.25, 0.3) is 6.43 Å². The van der Waals surface area contributed by atoms with Crippen molar-refractivity contribution in [2.75, 3.05) is 5.75 Å². The number of para-hydroxylation sites is 1. The van der Waals surface area contributed by atoms with Crippen LogP contribution in [0.5, 0.6) is 5.75 Å². The summed E-state index contributed by atoms with van der Waals surface area (Å²) in [6, 6.07) is 7.59. The van der Waals surface area contributed by atoms with Crippen molar-refractivity contribution in [2.45, 2.75) is 29.9 Å². The maximum atomic E-state index is 12.3. The van der Waals surface area contributed by atoms with Crippen LogP contribution in [0.2, 0.25) is 0 Å². The van der Waals surface area contributed by atoms with Crippen LogP contribution >= 0.6 is 11.8 Å². The van der Waals surface area contributed by atoms with E-state index < -0.39 is 18.6 Å². The van der Waals surface area contributed by atoms with Crippen molar-refractivity contribution < 1.29 is 23.1 Å².